The fourth-order valence-corrected chi connectivity index (χ4v) is 4.84. The topological polar surface area (TPSA) is 122 Å². The molecule has 5 N–H and O–H groups in total. The number of nitrogens with one attached hydrogen (secondary N) is 3. The van der Waals surface area contributed by atoms with Crippen molar-refractivity contribution in [3.05, 3.63) is 29.3 Å². The first-order valence-electron chi connectivity index (χ1n) is 8.88. The fraction of sp³-hybridized carbons (Fsp3) is 0.500. The van der Waals surface area contributed by atoms with Gasteiger partial charge in [0.2, 0.25) is 5.13 Å². The van der Waals surface area contributed by atoms with Crippen LogP contribution in [0.15, 0.2) is 23.4 Å². The Morgan fingerprint density at radius 1 is 1.29 bits per heavy atom. The molecule has 1 fully saturated rings. The lowest BCUT2D eigenvalue weighted by atomic mass is 9.87. The molecule has 0 spiro atoms. The van der Waals surface area contributed by atoms with Crippen LogP contribution in [0, 0.1) is 5.82 Å². The van der Waals surface area contributed by atoms with Gasteiger partial charge in [0.05, 0.1) is 10.7 Å². The third kappa shape index (κ3) is 5.29. The number of sulfonamides is 1. The number of benzene rings is 1. The molecule has 1 aliphatic carbocycles. The predicted molar refractivity (Wildman–Crippen MR) is 109 cm³/mol. The minimum absolute atomic E-state index is 0.0502. The van der Waals surface area contributed by atoms with Crippen molar-refractivity contribution in [2.75, 3.05) is 23.1 Å². The molecule has 1 unspecified atom stereocenters. The van der Waals surface area contributed by atoms with E-state index in [-0.39, 0.29) is 16.2 Å². The minimum atomic E-state index is -4.14. The highest BCUT2D eigenvalue weighted by Gasteiger charge is 2.26. The summed E-state index contributed by atoms with van der Waals surface area (Å²) in [6.45, 7) is 1.46. The number of nitrogens with two attached hydrogens (primary N) is 1. The number of hydrogen-bond acceptors (Lipinski definition) is 8. The van der Waals surface area contributed by atoms with Gasteiger partial charge in [-0.25, -0.2) is 17.8 Å². The Bertz CT molecular complexity index is 897. The molecule has 1 aromatic heterocycles. The van der Waals surface area contributed by atoms with Crippen molar-refractivity contribution in [1.29, 1.82) is 0 Å². The largest absolute Gasteiger partial charge is 0.384 e. The van der Waals surface area contributed by atoms with Crippen molar-refractivity contribution >= 4 is 44.0 Å². The van der Waals surface area contributed by atoms with Crippen molar-refractivity contribution in [3.63, 3.8) is 0 Å². The fourth-order valence-electron chi connectivity index (χ4n) is 2.80. The van der Waals surface area contributed by atoms with E-state index >= 15 is 0 Å². The first kappa shape index (κ1) is 21.2. The molecule has 12 heteroatoms. The second-order valence-corrected chi connectivity index (χ2v) is 9.39. The maximum atomic E-state index is 14.4. The Kier molecular flexibility index (Phi) is 7.05. The molecule has 28 heavy (non-hydrogen) atoms. The average molecular weight is 449 g/mol. The number of unbranched alkanes of at least 4 members (excludes halogenated alkanes) is 1. The second-order valence-electron chi connectivity index (χ2n) is 6.55. The molecular formula is C16H22ClFN6O2S2. The van der Waals surface area contributed by atoms with Crippen LogP contribution >= 0.6 is 23.1 Å². The number of rotatable bonds is 10. The first-order chi connectivity index (χ1) is 13.4. The quantitative estimate of drug-likeness (QED) is 0.411. The van der Waals surface area contributed by atoms with Gasteiger partial charge < -0.3 is 16.4 Å². The van der Waals surface area contributed by atoms with Crippen molar-refractivity contribution in [2.24, 2.45) is 5.73 Å². The van der Waals surface area contributed by atoms with E-state index in [0.717, 1.165) is 55.9 Å². The smallest absolute Gasteiger partial charge is 0.266 e. The van der Waals surface area contributed by atoms with Gasteiger partial charge in [0.1, 0.15) is 17.0 Å². The van der Waals surface area contributed by atoms with Gasteiger partial charge in [0.25, 0.3) is 10.0 Å². The molecular weight excluding hydrogens is 427 g/mol. The van der Waals surface area contributed by atoms with E-state index < -0.39 is 20.7 Å². The molecule has 8 nitrogen and oxygen atoms in total. The van der Waals surface area contributed by atoms with Gasteiger partial charge in [-0.3, -0.25) is 4.72 Å². The summed E-state index contributed by atoms with van der Waals surface area (Å²) in [5.41, 5.74) is 6.22. The normalized spacial score (nSPS) is 19.2. The van der Waals surface area contributed by atoms with E-state index in [0.29, 0.717) is 18.3 Å². The zero-order chi connectivity index (χ0) is 20.1. The molecule has 1 heterocycles. The molecule has 1 saturated carbocycles. The first-order valence-corrected chi connectivity index (χ1v) is 11.5. The van der Waals surface area contributed by atoms with Crippen molar-refractivity contribution < 1.29 is 12.8 Å². The summed E-state index contributed by atoms with van der Waals surface area (Å²) < 4.78 is 44.9. The van der Waals surface area contributed by atoms with Crippen LogP contribution in [-0.4, -0.2) is 42.9 Å². The maximum absolute atomic E-state index is 14.4. The summed E-state index contributed by atoms with van der Waals surface area (Å²) in [4.78, 5) is 3.18. The average Bonchev–Trinajstić information content (AvgIpc) is 3.14. The summed E-state index contributed by atoms with van der Waals surface area (Å²) in [6.07, 6.45) is 5.19. The Hall–Kier alpha value is -1.53. The maximum Gasteiger partial charge on any atom is 0.266 e. The number of nitrogens with zero attached hydrogens (tertiary/aromatic N) is 2. The molecule has 0 saturated heterocycles. The Morgan fingerprint density at radius 3 is 2.71 bits per heavy atom. The van der Waals surface area contributed by atoms with Crippen LogP contribution in [0.1, 0.15) is 25.7 Å². The standard InChI is InChI=1S/C16H22ClFN6O2S2/c17-10-7-15(28(25,26)24-16-22-9-23-27-16)11(18)8-14(10)21-6-2-1-5-20-13-4-3-12(13)19/h7-9,12-13,20-21H,1-6,19H2,(H,22,23,24)/t12-,13?/m1/s1. The summed E-state index contributed by atoms with van der Waals surface area (Å²) in [5.74, 6) is -0.899. The lowest BCUT2D eigenvalue weighted by Gasteiger charge is -2.34. The van der Waals surface area contributed by atoms with Crippen LogP contribution in [0.25, 0.3) is 0 Å². The number of hydrogen-bond donors (Lipinski definition) is 4. The van der Waals surface area contributed by atoms with E-state index in [1.54, 1.807) is 0 Å². The highest BCUT2D eigenvalue weighted by atomic mass is 35.5. The molecule has 2 aromatic rings. The van der Waals surface area contributed by atoms with Gasteiger partial charge in [-0.15, -0.1) is 0 Å². The summed E-state index contributed by atoms with van der Waals surface area (Å²) in [6, 6.07) is 2.85. The SMILES string of the molecule is N[C@@H]1CCC1NCCCCNc1cc(F)c(S(=O)(=O)Nc2ncns2)cc1Cl. The van der Waals surface area contributed by atoms with Crippen LogP contribution in [0.2, 0.25) is 5.02 Å². The molecule has 2 atom stereocenters. The van der Waals surface area contributed by atoms with Gasteiger partial charge in [-0.1, -0.05) is 11.6 Å². The number of anilines is 2. The van der Waals surface area contributed by atoms with Crippen LogP contribution in [-0.2, 0) is 10.0 Å². The van der Waals surface area contributed by atoms with Crippen LogP contribution in [0.3, 0.4) is 0 Å². The third-order valence-electron chi connectivity index (χ3n) is 4.55. The summed E-state index contributed by atoms with van der Waals surface area (Å²) in [7, 11) is -4.14. The van der Waals surface area contributed by atoms with Gasteiger partial charge >= 0.3 is 0 Å². The van der Waals surface area contributed by atoms with Crippen molar-refractivity contribution in [2.45, 2.75) is 42.7 Å². The Balaban J connectivity index is 1.51. The molecule has 0 amide bonds. The molecule has 0 bridgehead atoms. The van der Waals surface area contributed by atoms with E-state index in [1.165, 1.54) is 6.33 Å². The van der Waals surface area contributed by atoms with Gasteiger partial charge in [0.15, 0.2) is 0 Å². The highest BCUT2D eigenvalue weighted by Crippen LogP contribution is 2.29. The van der Waals surface area contributed by atoms with Crippen molar-refractivity contribution in [1.82, 2.24) is 14.7 Å². The van der Waals surface area contributed by atoms with E-state index in [4.69, 9.17) is 17.3 Å². The number of halogens is 2. The van der Waals surface area contributed by atoms with Crippen LogP contribution < -0.4 is 21.1 Å². The molecule has 1 aromatic carbocycles. The monoisotopic (exact) mass is 448 g/mol. The highest BCUT2D eigenvalue weighted by molar-refractivity contribution is 7.93. The lowest BCUT2D eigenvalue weighted by molar-refractivity contribution is 0.285. The molecule has 154 valence electrons. The van der Waals surface area contributed by atoms with Crippen molar-refractivity contribution in [3.8, 4) is 0 Å². The molecule has 1 aliphatic rings. The molecule has 3 rings (SSSR count). The van der Waals surface area contributed by atoms with Gasteiger partial charge in [0, 0.05) is 30.2 Å². The van der Waals surface area contributed by atoms with Gasteiger partial charge in [-0.2, -0.15) is 4.37 Å². The second kappa shape index (κ2) is 9.31. The number of aromatic nitrogens is 2. The molecule has 0 radical (unpaired) electrons. The lowest BCUT2D eigenvalue weighted by Crippen LogP contribution is -2.53. The summed E-state index contributed by atoms with van der Waals surface area (Å²) >= 11 is 6.99. The summed E-state index contributed by atoms with van der Waals surface area (Å²) in [5, 5.41) is 6.62. The molecule has 0 aliphatic heterocycles. The Morgan fingerprint density at radius 2 is 2.07 bits per heavy atom. The van der Waals surface area contributed by atoms with Crippen LogP contribution in [0.5, 0.6) is 0 Å². The van der Waals surface area contributed by atoms with Crippen LogP contribution in [0.4, 0.5) is 15.2 Å². The zero-order valence-corrected chi connectivity index (χ0v) is 17.4. The zero-order valence-electron chi connectivity index (χ0n) is 15.0. The van der Waals surface area contributed by atoms with E-state index in [1.807, 2.05) is 0 Å². The van der Waals surface area contributed by atoms with E-state index in [9.17, 15) is 12.8 Å². The minimum Gasteiger partial charge on any atom is -0.384 e. The van der Waals surface area contributed by atoms with Gasteiger partial charge in [-0.05, 0) is 44.4 Å². The predicted octanol–water partition coefficient (Wildman–Crippen LogP) is 2.40. The third-order valence-corrected chi connectivity index (χ3v) is 6.92. The van der Waals surface area contributed by atoms with E-state index in [2.05, 4.69) is 24.7 Å². The Labute approximate surface area is 172 Å².